The molecule has 2 aromatic carbocycles. The molecule has 0 aromatic heterocycles. The van der Waals surface area contributed by atoms with E-state index in [0.29, 0.717) is 12.0 Å². The molecule has 2 amide bonds. The van der Waals surface area contributed by atoms with Crippen LogP contribution in [0.3, 0.4) is 0 Å². The molecule has 2 N–H and O–H groups in total. The van der Waals surface area contributed by atoms with Crippen LogP contribution in [0.2, 0.25) is 0 Å². The van der Waals surface area contributed by atoms with E-state index >= 15 is 0 Å². The lowest BCUT2D eigenvalue weighted by molar-refractivity contribution is -0.123. The SMILES string of the molecule is CSCC[C@@H](NC(=O)c1cccc(C)c1)C(=O)N[C@H](C)c1ccccc1. The summed E-state index contributed by atoms with van der Waals surface area (Å²) in [6.07, 6.45) is 2.58. The first-order valence-electron chi connectivity index (χ1n) is 8.73. The highest BCUT2D eigenvalue weighted by atomic mass is 32.2. The molecule has 138 valence electrons. The molecule has 2 aromatic rings. The lowest BCUT2D eigenvalue weighted by Gasteiger charge is -2.21. The first kappa shape index (κ1) is 20.0. The number of thioether (sulfide) groups is 1. The molecule has 0 fully saturated rings. The molecule has 26 heavy (non-hydrogen) atoms. The maximum Gasteiger partial charge on any atom is 0.251 e. The number of hydrogen-bond acceptors (Lipinski definition) is 3. The molecule has 0 radical (unpaired) electrons. The van der Waals surface area contributed by atoms with E-state index in [4.69, 9.17) is 0 Å². The fourth-order valence-corrected chi connectivity index (χ4v) is 3.14. The molecule has 0 aliphatic carbocycles. The summed E-state index contributed by atoms with van der Waals surface area (Å²) in [4.78, 5) is 25.3. The Morgan fingerprint density at radius 3 is 2.42 bits per heavy atom. The molecule has 2 atom stereocenters. The van der Waals surface area contributed by atoms with Crippen LogP contribution < -0.4 is 10.6 Å². The highest BCUT2D eigenvalue weighted by Gasteiger charge is 2.22. The van der Waals surface area contributed by atoms with Gasteiger partial charge in [-0.3, -0.25) is 9.59 Å². The third kappa shape index (κ3) is 5.92. The summed E-state index contributed by atoms with van der Waals surface area (Å²) in [5.74, 6) is 0.421. The minimum Gasteiger partial charge on any atom is -0.348 e. The highest BCUT2D eigenvalue weighted by Crippen LogP contribution is 2.12. The molecule has 2 rings (SSSR count). The Bertz CT molecular complexity index is 734. The van der Waals surface area contributed by atoms with E-state index in [2.05, 4.69) is 10.6 Å². The van der Waals surface area contributed by atoms with E-state index in [0.717, 1.165) is 16.9 Å². The minimum absolute atomic E-state index is 0.114. The lowest BCUT2D eigenvalue weighted by atomic mass is 10.1. The summed E-state index contributed by atoms with van der Waals surface area (Å²) in [7, 11) is 0. The third-order valence-corrected chi connectivity index (χ3v) is 4.82. The Labute approximate surface area is 159 Å². The van der Waals surface area contributed by atoms with Gasteiger partial charge >= 0.3 is 0 Å². The Kier molecular flexibility index (Phi) is 7.73. The number of carbonyl (C=O) groups is 2. The second-order valence-corrected chi connectivity index (χ2v) is 7.30. The van der Waals surface area contributed by atoms with Gasteiger partial charge in [-0.1, -0.05) is 48.0 Å². The first-order chi connectivity index (χ1) is 12.5. The maximum atomic E-state index is 12.7. The van der Waals surface area contributed by atoms with Crippen molar-refractivity contribution in [2.75, 3.05) is 12.0 Å². The Hall–Kier alpha value is -2.27. The second-order valence-electron chi connectivity index (χ2n) is 6.32. The van der Waals surface area contributed by atoms with Crippen LogP contribution in [0.25, 0.3) is 0 Å². The van der Waals surface area contributed by atoms with Gasteiger partial charge in [0.15, 0.2) is 0 Å². The number of hydrogen-bond donors (Lipinski definition) is 2. The summed E-state index contributed by atoms with van der Waals surface area (Å²) in [5.41, 5.74) is 2.62. The van der Waals surface area contributed by atoms with Crippen LogP contribution in [0, 0.1) is 6.92 Å². The number of nitrogens with one attached hydrogen (secondary N) is 2. The van der Waals surface area contributed by atoms with Crippen LogP contribution in [0.1, 0.15) is 40.9 Å². The smallest absolute Gasteiger partial charge is 0.251 e. The highest BCUT2D eigenvalue weighted by molar-refractivity contribution is 7.98. The monoisotopic (exact) mass is 370 g/mol. The van der Waals surface area contributed by atoms with Crippen molar-refractivity contribution < 1.29 is 9.59 Å². The fourth-order valence-electron chi connectivity index (χ4n) is 2.67. The van der Waals surface area contributed by atoms with Gasteiger partial charge in [-0.05, 0) is 50.0 Å². The van der Waals surface area contributed by atoms with Gasteiger partial charge in [-0.15, -0.1) is 0 Å². The molecule has 0 aliphatic rings. The van der Waals surface area contributed by atoms with E-state index in [9.17, 15) is 9.59 Å². The lowest BCUT2D eigenvalue weighted by Crippen LogP contribution is -2.47. The van der Waals surface area contributed by atoms with Crippen molar-refractivity contribution >= 4 is 23.6 Å². The Morgan fingerprint density at radius 1 is 1.04 bits per heavy atom. The van der Waals surface area contributed by atoms with Crippen LogP contribution in [0.5, 0.6) is 0 Å². The average molecular weight is 371 g/mol. The van der Waals surface area contributed by atoms with Gasteiger partial charge in [-0.25, -0.2) is 0 Å². The van der Waals surface area contributed by atoms with Gasteiger partial charge in [0.2, 0.25) is 5.91 Å². The van der Waals surface area contributed by atoms with Crippen LogP contribution in [0.15, 0.2) is 54.6 Å². The van der Waals surface area contributed by atoms with E-state index in [1.165, 1.54) is 0 Å². The van der Waals surface area contributed by atoms with E-state index in [1.807, 2.05) is 68.6 Å². The molecule has 0 heterocycles. The van der Waals surface area contributed by atoms with Crippen molar-refractivity contribution in [2.45, 2.75) is 32.4 Å². The quantitative estimate of drug-likeness (QED) is 0.744. The zero-order chi connectivity index (χ0) is 18.9. The normalized spacial score (nSPS) is 12.9. The van der Waals surface area contributed by atoms with Gasteiger partial charge in [-0.2, -0.15) is 11.8 Å². The topological polar surface area (TPSA) is 58.2 Å². The molecule has 0 saturated heterocycles. The summed E-state index contributed by atoms with van der Waals surface area (Å²) in [5, 5.41) is 5.90. The molecule has 0 bridgehead atoms. The van der Waals surface area contributed by atoms with Crippen LogP contribution in [-0.4, -0.2) is 29.9 Å². The molecule has 4 nitrogen and oxygen atoms in total. The van der Waals surface area contributed by atoms with Crippen LogP contribution >= 0.6 is 11.8 Å². The number of carbonyl (C=O) groups excluding carboxylic acids is 2. The summed E-state index contributed by atoms with van der Waals surface area (Å²) in [6.45, 7) is 3.89. The molecular formula is C21H26N2O2S. The van der Waals surface area contributed by atoms with Gasteiger partial charge in [0.1, 0.15) is 6.04 Å². The Morgan fingerprint density at radius 2 is 1.77 bits per heavy atom. The van der Waals surface area contributed by atoms with E-state index in [1.54, 1.807) is 17.8 Å². The van der Waals surface area contributed by atoms with Gasteiger partial charge in [0.05, 0.1) is 6.04 Å². The Balaban J connectivity index is 2.05. The first-order valence-corrected chi connectivity index (χ1v) is 10.1. The molecule has 0 saturated carbocycles. The largest absolute Gasteiger partial charge is 0.348 e. The number of amides is 2. The molecular weight excluding hydrogens is 344 g/mol. The van der Waals surface area contributed by atoms with Gasteiger partial charge < -0.3 is 10.6 Å². The molecule has 0 aliphatic heterocycles. The number of aryl methyl sites for hydroxylation is 1. The third-order valence-electron chi connectivity index (χ3n) is 4.17. The average Bonchev–Trinajstić information content (AvgIpc) is 2.65. The summed E-state index contributed by atoms with van der Waals surface area (Å²) >= 11 is 1.66. The molecule has 0 spiro atoms. The second kappa shape index (κ2) is 10.0. The van der Waals surface area contributed by atoms with Crippen molar-refractivity contribution in [3.8, 4) is 0 Å². The van der Waals surface area contributed by atoms with Gasteiger partial charge in [0, 0.05) is 5.56 Å². The summed E-state index contributed by atoms with van der Waals surface area (Å²) in [6, 6.07) is 16.5. The van der Waals surface area contributed by atoms with Crippen molar-refractivity contribution in [1.29, 1.82) is 0 Å². The number of benzene rings is 2. The van der Waals surface area contributed by atoms with Crippen LogP contribution in [-0.2, 0) is 4.79 Å². The van der Waals surface area contributed by atoms with E-state index < -0.39 is 6.04 Å². The molecule has 5 heteroatoms. The summed E-state index contributed by atoms with van der Waals surface area (Å²) < 4.78 is 0. The van der Waals surface area contributed by atoms with Crippen molar-refractivity contribution in [1.82, 2.24) is 10.6 Å². The van der Waals surface area contributed by atoms with E-state index in [-0.39, 0.29) is 17.9 Å². The predicted octanol–water partition coefficient (Wildman–Crippen LogP) is 3.72. The van der Waals surface area contributed by atoms with Crippen molar-refractivity contribution in [3.05, 3.63) is 71.3 Å². The predicted molar refractivity (Wildman–Crippen MR) is 108 cm³/mol. The van der Waals surface area contributed by atoms with Crippen molar-refractivity contribution in [3.63, 3.8) is 0 Å². The zero-order valence-electron chi connectivity index (χ0n) is 15.5. The fraction of sp³-hybridized carbons (Fsp3) is 0.333. The number of rotatable bonds is 8. The zero-order valence-corrected chi connectivity index (χ0v) is 16.3. The van der Waals surface area contributed by atoms with Gasteiger partial charge in [0.25, 0.3) is 5.91 Å². The maximum absolute atomic E-state index is 12.7. The van der Waals surface area contributed by atoms with Crippen LogP contribution in [0.4, 0.5) is 0 Å². The molecule has 0 unspecified atom stereocenters. The van der Waals surface area contributed by atoms with Crippen molar-refractivity contribution in [2.24, 2.45) is 0 Å². The minimum atomic E-state index is -0.554. The standard InChI is InChI=1S/C21H26N2O2S/c1-15-8-7-11-18(14-15)20(24)23-19(12-13-26-3)21(25)22-16(2)17-9-5-4-6-10-17/h4-11,14,16,19H,12-13H2,1-3H3,(H,22,25)(H,23,24)/t16-,19-/m1/s1.